The summed E-state index contributed by atoms with van der Waals surface area (Å²) in [4.78, 5) is 4.90. The van der Waals surface area contributed by atoms with E-state index < -0.39 is 0 Å². The van der Waals surface area contributed by atoms with E-state index in [1.807, 2.05) is 0 Å². The smallest absolute Gasteiger partial charge is 0.137 e. The van der Waals surface area contributed by atoms with Crippen LogP contribution in [0.25, 0.3) is 77.2 Å². The Kier molecular flexibility index (Phi) is 10.2. The first-order valence-electron chi connectivity index (χ1n) is 22.8. The van der Waals surface area contributed by atoms with Gasteiger partial charge in [0.25, 0.3) is 0 Å². The normalized spacial score (nSPS) is 11.3. The van der Waals surface area contributed by atoms with E-state index in [0.29, 0.717) is 0 Å². The third-order valence-electron chi connectivity index (χ3n) is 12.8. The summed E-state index contributed by atoms with van der Waals surface area (Å²) in [6.07, 6.45) is 0. The van der Waals surface area contributed by atoms with E-state index in [-0.39, 0.29) is 0 Å². The second kappa shape index (κ2) is 17.2. The van der Waals surface area contributed by atoms with Crippen molar-refractivity contribution in [3.63, 3.8) is 0 Å². The third-order valence-corrected chi connectivity index (χ3v) is 12.8. The fraction of sp³-hybridized carbons (Fsp3) is 0. The van der Waals surface area contributed by atoms with Crippen LogP contribution in [0.5, 0.6) is 0 Å². The summed E-state index contributed by atoms with van der Waals surface area (Å²) >= 11 is 0. The molecular weight excluding hydrogens is 813 g/mol. The molecular formula is C64H44N2O. The van der Waals surface area contributed by atoms with Crippen molar-refractivity contribution in [2.24, 2.45) is 0 Å². The van der Waals surface area contributed by atoms with E-state index in [1.165, 1.54) is 16.7 Å². The lowest BCUT2D eigenvalue weighted by Crippen LogP contribution is -2.18. The molecule has 1 aromatic heterocycles. The zero-order chi connectivity index (χ0) is 44.5. The average molecular weight is 857 g/mol. The fourth-order valence-electron chi connectivity index (χ4n) is 9.65. The van der Waals surface area contributed by atoms with Crippen molar-refractivity contribution >= 4 is 66.8 Å². The van der Waals surface area contributed by atoms with Crippen molar-refractivity contribution in [1.29, 1.82) is 0 Å². The summed E-state index contributed by atoms with van der Waals surface area (Å²) in [5, 5.41) is 4.36. The van der Waals surface area contributed by atoms with Gasteiger partial charge in [0, 0.05) is 27.9 Å². The van der Waals surface area contributed by atoms with Gasteiger partial charge in [-0.25, -0.2) is 0 Å². The number of nitrogens with zero attached hydrogens (tertiary/aromatic N) is 2. The van der Waals surface area contributed by atoms with Crippen molar-refractivity contribution < 1.29 is 4.42 Å². The van der Waals surface area contributed by atoms with E-state index in [0.717, 1.165) is 94.7 Å². The molecule has 12 aromatic rings. The Balaban J connectivity index is 1.18. The fourth-order valence-corrected chi connectivity index (χ4v) is 9.65. The Bertz CT molecular complexity index is 3660. The second-order valence-corrected chi connectivity index (χ2v) is 16.9. The summed E-state index contributed by atoms with van der Waals surface area (Å²) in [5.41, 5.74) is 17.0. The van der Waals surface area contributed by atoms with Crippen LogP contribution in [0.2, 0.25) is 0 Å². The molecule has 0 spiro atoms. The molecule has 1 heterocycles. The summed E-state index contributed by atoms with van der Waals surface area (Å²) in [6, 6.07) is 95.6. The summed E-state index contributed by atoms with van der Waals surface area (Å²) < 4.78 is 6.96. The maximum absolute atomic E-state index is 6.96. The highest BCUT2D eigenvalue weighted by Gasteiger charge is 2.29. The van der Waals surface area contributed by atoms with Crippen molar-refractivity contribution in [2.45, 2.75) is 0 Å². The van der Waals surface area contributed by atoms with Gasteiger partial charge in [0.2, 0.25) is 0 Å². The lowest BCUT2D eigenvalue weighted by atomic mass is 9.97. The SMILES string of the molecule is c1ccc(-c2ccc(-c3ccccc3N(c3ccccc3)c3ccc4oc5cc6ccccc6cc5c4c3N(c3ccc(-c4ccccc4)cc3)c3ccccc3-c3ccccc3)cc2)cc1. The summed E-state index contributed by atoms with van der Waals surface area (Å²) in [6.45, 7) is 0. The third kappa shape index (κ3) is 7.39. The van der Waals surface area contributed by atoms with Gasteiger partial charge in [-0.1, -0.05) is 206 Å². The minimum Gasteiger partial charge on any atom is -0.456 e. The molecule has 0 unspecified atom stereocenters. The minimum atomic E-state index is 0.810. The summed E-state index contributed by atoms with van der Waals surface area (Å²) in [7, 11) is 0. The van der Waals surface area contributed by atoms with Gasteiger partial charge in [0.1, 0.15) is 11.2 Å². The van der Waals surface area contributed by atoms with Crippen molar-refractivity contribution in [2.75, 3.05) is 9.80 Å². The standard InChI is InChI=1S/C64H44N2O/c1-5-19-45(20-6-1)47-33-35-50(36-34-47)56-30-15-17-31-58(56)65(53-27-11-4-12-28-53)60-41-42-61-63(57-43-51-25-13-14-26-52(51)44-62(57)67-61)64(60)66(54-39-37-48(38-40-54)46-21-7-2-8-22-46)59-32-18-16-29-55(59)49-23-9-3-10-24-49/h1-44H. The van der Waals surface area contributed by atoms with E-state index in [4.69, 9.17) is 4.42 Å². The van der Waals surface area contributed by atoms with Gasteiger partial charge in [-0.2, -0.15) is 0 Å². The maximum atomic E-state index is 6.96. The number of anilines is 6. The van der Waals surface area contributed by atoms with E-state index >= 15 is 0 Å². The zero-order valence-electron chi connectivity index (χ0n) is 36.7. The molecule has 0 radical (unpaired) electrons. The molecule has 11 aromatic carbocycles. The molecule has 0 fully saturated rings. The lowest BCUT2D eigenvalue weighted by molar-refractivity contribution is 0.669. The average Bonchev–Trinajstić information content (AvgIpc) is 3.77. The predicted octanol–water partition coefficient (Wildman–Crippen LogP) is 18.3. The van der Waals surface area contributed by atoms with Crippen molar-refractivity contribution in [3.05, 3.63) is 267 Å². The molecule has 0 atom stereocenters. The molecule has 0 aliphatic heterocycles. The molecule has 316 valence electrons. The number of rotatable bonds is 10. The molecule has 0 aliphatic carbocycles. The molecule has 0 saturated carbocycles. The van der Waals surface area contributed by atoms with Gasteiger partial charge in [-0.3, -0.25) is 0 Å². The molecule has 3 heteroatoms. The van der Waals surface area contributed by atoms with Crippen LogP contribution in [0.1, 0.15) is 0 Å². The van der Waals surface area contributed by atoms with Crippen LogP contribution in [0.3, 0.4) is 0 Å². The number of hydrogen-bond acceptors (Lipinski definition) is 3. The van der Waals surface area contributed by atoms with E-state index in [9.17, 15) is 0 Å². The van der Waals surface area contributed by atoms with Crippen molar-refractivity contribution in [3.8, 4) is 44.5 Å². The zero-order valence-corrected chi connectivity index (χ0v) is 36.7. The largest absolute Gasteiger partial charge is 0.456 e. The van der Waals surface area contributed by atoms with Gasteiger partial charge in [0.05, 0.1) is 28.1 Å². The molecule has 0 aliphatic rings. The molecule has 12 rings (SSSR count). The van der Waals surface area contributed by atoms with Crippen LogP contribution < -0.4 is 9.80 Å². The maximum Gasteiger partial charge on any atom is 0.137 e. The van der Waals surface area contributed by atoms with Crippen LogP contribution in [0.4, 0.5) is 34.1 Å². The summed E-state index contributed by atoms with van der Waals surface area (Å²) in [5.74, 6) is 0. The predicted molar refractivity (Wildman–Crippen MR) is 282 cm³/mol. The molecule has 3 nitrogen and oxygen atoms in total. The first kappa shape index (κ1) is 39.7. The Morgan fingerprint density at radius 1 is 0.269 bits per heavy atom. The Hall–Kier alpha value is -8.92. The molecule has 67 heavy (non-hydrogen) atoms. The number of furan rings is 1. The first-order chi connectivity index (χ1) is 33.2. The van der Waals surface area contributed by atoms with Gasteiger partial charge in [0.15, 0.2) is 0 Å². The van der Waals surface area contributed by atoms with Gasteiger partial charge in [-0.05, 0) is 105 Å². The highest BCUT2D eigenvalue weighted by Crippen LogP contribution is 2.54. The van der Waals surface area contributed by atoms with Gasteiger partial charge < -0.3 is 14.2 Å². The number of hydrogen-bond donors (Lipinski definition) is 0. The van der Waals surface area contributed by atoms with E-state index in [2.05, 4.69) is 277 Å². The monoisotopic (exact) mass is 856 g/mol. The molecule has 0 N–H and O–H groups in total. The van der Waals surface area contributed by atoms with Gasteiger partial charge in [-0.15, -0.1) is 0 Å². The number of para-hydroxylation sites is 3. The van der Waals surface area contributed by atoms with Crippen LogP contribution in [0.15, 0.2) is 271 Å². The molecule has 0 bridgehead atoms. The Morgan fingerprint density at radius 2 is 0.687 bits per heavy atom. The Morgan fingerprint density at radius 3 is 1.28 bits per heavy atom. The molecule has 0 saturated heterocycles. The highest BCUT2D eigenvalue weighted by atomic mass is 16.3. The minimum absolute atomic E-state index is 0.810. The lowest BCUT2D eigenvalue weighted by Gasteiger charge is -2.35. The number of fused-ring (bicyclic) bond motifs is 4. The van der Waals surface area contributed by atoms with Crippen LogP contribution in [-0.4, -0.2) is 0 Å². The van der Waals surface area contributed by atoms with Crippen LogP contribution in [-0.2, 0) is 0 Å². The van der Waals surface area contributed by atoms with E-state index in [1.54, 1.807) is 0 Å². The molecule has 0 amide bonds. The number of benzene rings is 11. The van der Waals surface area contributed by atoms with Crippen LogP contribution in [0, 0.1) is 0 Å². The van der Waals surface area contributed by atoms with Crippen LogP contribution >= 0.6 is 0 Å². The topological polar surface area (TPSA) is 19.6 Å². The highest BCUT2D eigenvalue weighted by molar-refractivity contribution is 6.20. The first-order valence-corrected chi connectivity index (χ1v) is 22.8. The second-order valence-electron chi connectivity index (χ2n) is 16.9. The quantitative estimate of drug-likeness (QED) is 0.137. The van der Waals surface area contributed by atoms with Crippen molar-refractivity contribution in [1.82, 2.24) is 0 Å². The Labute approximate surface area is 390 Å². The van der Waals surface area contributed by atoms with Gasteiger partial charge >= 0.3 is 0 Å².